The molecule has 2 heterocycles. The molecular formula is C18H18FN3O4. The van der Waals surface area contributed by atoms with Crippen LogP contribution in [0, 0.1) is 18.7 Å². The molecule has 2 aromatic rings. The second-order valence-corrected chi connectivity index (χ2v) is 6.38. The number of carbonyl (C=O) groups is 2. The van der Waals surface area contributed by atoms with Gasteiger partial charge in [-0.25, -0.2) is 9.18 Å². The lowest BCUT2D eigenvalue weighted by atomic mass is 9.92. The minimum absolute atomic E-state index is 0.0724. The Morgan fingerprint density at radius 3 is 2.65 bits per heavy atom. The standard InChI is InChI=1S/C18H18FN3O4/c1-10-7-12(19)16(15(23)8-10)13-4-5-14(21-20-13)17(24)11-3-2-6-22(9-11)18(25)26/h4-5,7-8,11,23H,2-3,6,9H2,1H3,(H,25,26). The normalized spacial score (nSPS) is 17.2. The summed E-state index contributed by atoms with van der Waals surface area (Å²) in [5.74, 6) is -1.63. The van der Waals surface area contributed by atoms with E-state index in [-0.39, 0.29) is 35.0 Å². The van der Waals surface area contributed by atoms with Gasteiger partial charge in [-0.1, -0.05) is 0 Å². The van der Waals surface area contributed by atoms with Crippen LogP contribution in [0.3, 0.4) is 0 Å². The monoisotopic (exact) mass is 359 g/mol. The summed E-state index contributed by atoms with van der Waals surface area (Å²) in [5.41, 5.74) is 0.714. The van der Waals surface area contributed by atoms with E-state index >= 15 is 0 Å². The van der Waals surface area contributed by atoms with Gasteiger partial charge < -0.3 is 15.1 Å². The lowest BCUT2D eigenvalue weighted by Gasteiger charge is -2.29. The van der Waals surface area contributed by atoms with Crippen LogP contribution in [0.2, 0.25) is 0 Å². The Morgan fingerprint density at radius 2 is 2.04 bits per heavy atom. The van der Waals surface area contributed by atoms with Crippen molar-refractivity contribution >= 4 is 11.9 Å². The van der Waals surface area contributed by atoms with Crippen LogP contribution in [0.15, 0.2) is 24.3 Å². The van der Waals surface area contributed by atoms with E-state index in [1.165, 1.54) is 29.2 Å². The number of ketones is 1. The van der Waals surface area contributed by atoms with Crippen LogP contribution in [-0.4, -0.2) is 50.3 Å². The minimum atomic E-state index is -1.05. The first-order valence-electron chi connectivity index (χ1n) is 8.22. The molecule has 0 aliphatic carbocycles. The van der Waals surface area contributed by atoms with Gasteiger partial charge in [-0.2, -0.15) is 0 Å². The van der Waals surface area contributed by atoms with Crippen LogP contribution in [0.1, 0.15) is 28.9 Å². The second kappa shape index (κ2) is 7.07. The highest BCUT2D eigenvalue weighted by Gasteiger charge is 2.29. The quantitative estimate of drug-likeness (QED) is 0.817. The van der Waals surface area contributed by atoms with Gasteiger partial charge in [0, 0.05) is 19.0 Å². The van der Waals surface area contributed by atoms with Crippen LogP contribution in [0.25, 0.3) is 11.3 Å². The Morgan fingerprint density at radius 1 is 1.27 bits per heavy atom. The number of aryl methyl sites for hydroxylation is 1. The van der Waals surface area contributed by atoms with Gasteiger partial charge in [-0.3, -0.25) is 4.79 Å². The topological polar surface area (TPSA) is 104 Å². The molecule has 1 amide bonds. The molecule has 1 fully saturated rings. The average Bonchev–Trinajstić information content (AvgIpc) is 2.61. The molecule has 7 nitrogen and oxygen atoms in total. The lowest BCUT2D eigenvalue weighted by Crippen LogP contribution is -2.41. The number of hydrogen-bond donors (Lipinski definition) is 2. The zero-order chi connectivity index (χ0) is 18.8. The number of halogens is 1. The fraction of sp³-hybridized carbons (Fsp3) is 0.333. The first kappa shape index (κ1) is 17.8. The zero-order valence-corrected chi connectivity index (χ0v) is 14.1. The van der Waals surface area contributed by atoms with E-state index in [9.17, 15) is 19.1 Å². The van der Waals surface area contributed by atoms with Crippen molar-refractivity contribution in [3.63, 3.8) is 0 Å². The number of nitrogens with zero attached hydrogens (tertiary/aromatic N) is 3. The molecule has 26 heavy (non-hydrogen) atoms. The van der Waals surface area contributed by atoms with Crippen molar-refractivity contribution in [1.29, 1.82) is 0 Å². The number of phenols is 1. The fourth-order valence-corrected chi connectivity index (χ4v) is 3.15. The van der Waals surface area contributed by atoms with Crippen molar-refractivity contribution in [2.75, 3.05) is 13.1 Å². The molecule has 1 saturated heterocycles. The number of phenolic OH excluding ortho intramolecular Hbond substituents is 1. The third-order valence-electron chi connectivity index (χ3n) is 4.45. The predicted molar refractivity (Wildman–Crippen MR) is 90.5 cm³/mol. The van der Waals surface area contributed by atoms with Crippen LogP contribution >= 0.6 is 0 Å². The van der Waals surface area contributed by atoms with Gasteiger partial charge in [0.1, 0.15) is 17.3 Å². The van der Waals surface area contributed by atoms with E-state index in [1.54, 1.807) is 6.92 Å². The fourth-order valence-electron chi connectivity index (χ4n) is 3.15. The first-order chi connectivity index (χ1) is 12.4. The summed E-state index contributed by atoms with van der Waals surface area (Å²) in [5, 5.41) is 26.8. The van der Waals surface area contributed by atoms with E-state index in [1.807, 2.05) is 0 Å². The van der Waals surface area contributed by atoms with Crippen molar-refractivity contribution in [1.82, 2.24) is 15.1 Å². The average molecular weight is 359 g/mol. The molecule has 1 atom stereocenters. The zero-order valence-electron chi connectivity index (χ0n) is 14.1. The van der Waals surface area contributed by atoms with Crippen LogP contribution in [0.4, 0.5) is 9.18 Å². The Hall–Kier alpha value is -3.03. The van der Waals surface area contributed by atoms with Gasteiger partial charge in [-0.15, -0.1) is 10.2 Å². The number of aromatic nitrogens is 2. The number of likely N-dealkylation sites (tertiary alicyclic amines) is 1. The molecule has 0 radical (unpaired) electrons. The van der Waals surface area contributed by atoms with Crippen molar-refractivity contribution < 1.29 is 24.2 Å². The first-order valence-corrected chi connectivity index (χ1v) is 8.22. The number of piperidine rings is 1. The van der Waals surface area contributed by atoms with Crippen molar-refractivity contribution in [2.24, 2.45) is 5.92 Å². The van der Waals surface area contributed by atoms with Crippen molar-refractivity contribution in [2.45, 2.75) is 19.8 Å². The summed E-state index contributed by atoms with van der Waals surface area (Å²) in [6.07, 6.45) is 0.144. The highest BCUT2D eigenvalue weighted by atomic mass is 19.1. The summed E-state index contributed by atoms with van der Waals surface area (Å²) in [7, 11) is 0. The van der Waals surface area contributed by atoms with Crippen LogP contribution in [-0.2, 0) is 0 Å². The van der Waals surface area contributed by atoms with E-state index in [2.05, 4.69) is 10.2 Å². The van der Waals surface area contributed by atoms with E-state index < -0.39 is 17.8 Å². The number of carbonyl (C=O) groups excluding carboxylic acids is 1. The molecule has 0 saturated carbocycles. The Bertz CT molecular complexity index is 831. The number of amides is 1. The maximum absolute atomic E-state index is 14.1. The molecule has 0 bridgehead atoms. The van der Waals surface area contributed by atoms with E-state index in [0.29, 0.717) is 24.9 Å². The summed E-state index contributed by atoms with van der Waals surface area (Å²) >= 11 is 0. The van der Waals surface area contributed by atoms with E-state index in [0.717, 1.165) is 0 Å². The minimum Gasteiger partial charge on any atom is -0.507 e. The highest BCUT2D eigenvalue weighted by molar-refractivity contribution is 5.96. The van der Waals surface area contributed by atoms with Crippen molar-refractivity contribution in [3.8, 4) is 17.0 Å². The molecule has 0 spiro atoms. The van der Waals surface area contributed by atoms with Crippen LogP contribution < -0.4 is 0 Å². The van der Waals surface area contributed by atoms with Gasteiger partial charge in [0.25, 0.3) is 0 Å². The smallest absolute Gasteiger partial charge is 0.407 e. The van der Waals surface area contributed by atoms with Gasteiger partial charge in [0.05, 0.1) is 11.3 Å². The number of carboxylic acid groups (broad SMARTS) is 1. The third kappa shape index (κ3) is 3.49. The number of benzene rings is 1. The molecular weight excluding hydrogens is 341 g/mol. The third-order valence-corrected chi connectivity index (χ3v) is 4.45. The molecule has 1 aromatic heterocycles. The summed E-state index contributed by atoms with van der Waals surface area (Å²) in [6.45, 7) is 2.20. The van der Waals surface area contributed by atoms with Crippen molar-refractivity contribution in [3.05, 3.63) is 41.3 Å². The molecule has 2 N–H and O–H groups in total. The molecule has 136 valence electrons. The molecule has 1 aromatic carbocycles. The predicted octanol–water partition coefficient (Wildman–Crippen LogP) is 2.87. The van der Waals surface area contributed by atoms with Gasteiger partial charge in [-0.05, 0) is 49.6 Å². The summed E-state index contributed by atoms with van der Waals surface area (Å²) in [4.78, 5) is 24.8. The maximum Gasteiger partial charge on any atom is 0.407 e. The summed E-state index contributed by atoms with van der Waals surface area (Å²) in [6, 6.07) is 5.54. The van der Waals surface area contributed by atoms with Crippen LogP contribution in [0.5, 0.6) is 5.75 Å². The maximum atomic E-state index is 14.1. The highest BCUT2D eigenvalue weighted by Crippen LogP contribution is 2.31. The molecule has 8 heteroatoms. The number of rotatable bonds is 3. The number of hydrogen-bond acceptors (Lipinski definition) is 5. The SMILES string of the molecule is Cc1cc(O)c(-c2ccc(C(=O)C3CCCN(C(=O)O)C3)nn2)c(F)c1. The lowest BCUT2D eigenvalue weighted by molar-refractivity contribution is 0.0801. The Balaban J connectivity index is 1.82. The van der Waals surface area contributed by atoms with Gasteiger partial charge >= 0.3 is 6.09 Å². The number of Topliss-reactive ketones (excluding diaryl/α,β-unsaturated/α-hetero) is 1. The van der Waals surface area contributed by atoms with Gasteiger partial charge in [0.15, 0.2) is 5.78 Å². The Labute approximate surface area is 149 Å². The van der Waals surface area contributed by atoms with Gasteiger partial charge in [0.2, 0.25) is 0 Å². The summed E-state index contributed by atoms with van der Waals surface area (Å²) < 4.78 is 14.1. The molecule has 1 aliphatic rings. The Kier molecular flexibility index (Phi) is 4.83. The number of aromatic hydroxyl groups is 1. The largest absolute Gasteiger partial charge is 0.507 e. The molecule has 3 rings (SSSR count). The van der Waals surface area contributed by atoms with E-state index in [4.69, 9.17) is 5.11 Å². The molecule has 1 unspecified atom stereocenters. The second-order valence-electron chi connectivity index (χ2n) is 6.38. The molecule has 1 aliphatic heterocycles.